The molecule has 4 nitrogen and oxygen atoms in total. The van der Waals surface area contributed by atoms with Gasteiger partial charge in [-0.25, -0.2) is 4.79 Å². The first kappa shape index (κ1) is 11.3. The van der Waals surface area contributed by atoms with Crippen molar-refractivity contribution in [1.82, 2.24) is 10.2 Å². The van der Waals surface area contributed by atoms with Crippen LogP contribution in [0.25, 0.3) is 11.3 Å². The normalized spacial score (nSPS) is 10.0. The van der Waals surface area contributed by atoms with Gasteiger partial charge in [0.05, 0.1) is 18.9 Å². The van der Waals surface area contributed by atoms with Gasteiger partial charge in [-0.2, -0.15) is 5.10 Å². The van der Waals surface area contributed by atoms with Crippen molar-refractivity contribution in [2.45, 2.75) is 6.92 Å². The fraction of sp³-hybridized carbons (Fsp3) is 0.154. The molecule has 0 aliphatic carbocycles. The van der Waals surface area contributed by atoms with Gasteiger partial charge < -0.3 is 4.74 Å². The number of hydrogen-bond donors (Lipinski definition) is 0. The summed E-state index contributed by atoms with van der Waals surface area (Å²) in [5.74, 6) is -0.392. The molecule has 1 heterocycles. The van der Waals surface area contributed by atoms with Crippen molar-refractivity contribution >= 4 is 5.97 Å². The molecule has 1 aromatic heterocycles. The number of esters is 1. The van der Waals surface area contributed by atoms with Gasteiger partial charge in [0, 0.05) is 5.56 Å². The van der Waals surface area contributed by atoms with Crippen molar-refractivity contribution in [3.05, 3.63) is 47.7 Å². The number of benzene rings is 1. The highest BCUT2D eigenvalue weighted by atomic mass is 16.5. The van der Waals surface area contributed by atoms with E-state index in [-0.39, 0.29) is 0 Å². The average Bonchev–Trinajstić information content (AvgIpc) is 2.38. The van der Waals surface area contributed by atoms with Crippen molar-refractivity contribution in [1.29, 1.82) is 0 Å². The Bertz CT molecular complexity index is 538. The van der Waals surface area contributed by atoms with Crippen LogP contribution in [0.2, 0.25) is 0 Å². The first-order valence-electron chi connectivity index (χ1n) is 5.20. The Kier molecular flexibility index (Phi) is 3.14. The molecule has 17 heavy (non-hydrogen) atoms. The van der Waals surface area contributed by atoms with Crippen molar-refractivity contribution < 1.29 is 9.53 Å². The summed E-state index contributed by atoms with van der Waals surface area (Å²) in [7, 11) is 1.36. The van der Waals surface area contributed by atoms with Gasteiger partial charge >= 0.3 is 5.97 Å². The molecule has 0 amide bonds. The highest BCUT2D eigenvalue weighted by Gasteiger charge is 2.17. The zero-order chi connectivity index (χ0) is 12.3. The number of rotatable bonds is 2. The van der Waals surface area contributed by atoms with Crippen LogP contribution in [0.5, 0.6) is 0 Å². The lowest BCUT2D eigenvalue weighted by molar-refractivity contribution is 0.0600. The molecule has 0 fully saturated rings. The SMILES string of the molecule is COC(=O)c1c(C)cnnc1-c1ccccc1. The van der Waals surface area contributed by atoms with E-state index in [0.29, 0.717) is 11.3 Å². The van der Waals surface area contributed by atoms with Gasteiger partial charge in [-0.3, -0.25) is 0 Å². The Morgan fingerprint density at radius 3 is 2.59 bits per heavy atom. The van der Waals surface area contributed by atoms with E-state index >= 15 is 0 Å². The monoisotopic (exact) mass is 228 g/mol. The number of aromatic nitrogens is 2. The molecule has 2 rings (SSSR count). The van der Waals surface area contributed by atoms with Crippen molar-refractivity contribution in [3.8, 4) is 11.3 Å². The summed E-state index contributed by atoms with van der Waals surface area (Å²) >= 11 is 0. The lowest BCUT2D eigenvalue weighted by Crippen LogP contribution is -2.08. The summed E-state index contributed by atoms with van der Waals surface area (Å²) in [5.41, 5.74) is 2.63. The van der Waals surface area contributed by atoms with Crippen molar-refractivity contribution in [3.63, 3.8) is 0 Å². The third-order valence-electron chi connectivity index (χ3n) is 2.48. The van der Waals surface area contributed by atoms with Crippen LogP contribution in [-0.4, -0.2) is 23.3 Å². The first-order valence-corrected chi connectivity index (χ1v) is 5.20. The van der Waals surface area contributed by atoms with Crippen LogP contribution in [0.15, 0.2) is 36.5 Å². The Morgan fingerprint density at radius 1 is 1.24 bits per heavy atom. The van der Waals surface area contributed by atoms with Crippen LogP contribution in [0.4, 0.5) is 0 Å². The molecule has 0 saturated carbocycles. The summed E-state index contributed by atoms with van der Waals surface area (Å²) in [6.07, 6.45) is 1.55. The maximum atomic E-state index is 11.7. The highest BCUT2D eigenvalue weighted by molar-refractivity contribution is 5.97. The molecule has 0 bridgehead atoms. The molecule has 0 aliphatic rings. The van der Waals surface area contributed by atoms with E-state index < -0.39 is 5.97 Å². The van der Waals surface area contributed by atoms with Gasteiger partial charge in [-0.15, -0.1) is 5.10 Å². The number of carbonyl (C=O) groups is 1. The minimum atomic E-state index is -0.392. The predicted molar refractivity (Wildman–Crippen MR) is 63.5 cm³/mol. The van der Waals surface area contributed by atoms with Crippen molar-refractivity contribution in [2.24, 2.45) is 0 Å². The van der Waals surface area contributed by atoms with Crippen LogP contribution < -0.4 is 0 Å². The Hall–Kier alpha value is -2.23. The van der Waals surface area contributed by atoms with Gasteiger partial charge in [0.1, 0.15) is 5.69 Å². The topological polar surface area (TPSA) is 52.1 Å². The lowest BCUT2D eigenvalue weighted by Gasteiger charge is -2.08. The molecule has 86 valence electrons. The third kappa shape index (κ3) is 2.15. The van der Waals surface area contributed by atoms with E-state index in [1.54, 1.807) is 6.20 Å². The number of ether oxygens (including phenoxy) is 1. The fourth-order valence-electron chi connectivity index (χ4n) is 1.63. The summed E-state index contributed by atoms with van der Waals surface area (Å²) in [6.45, 7) is 1.81. The molecule has 0 spiro atoms. The second kappa shape index (κ2) is 4.74. The zero-order valence-electron chi connectivity index (χ0n) is 9.68. The number of aryl methyl sites for hydroxylation is 1. The van der Waals surface area contributed by atoms with E-state index in [4.69, 9.17) is 4.74 Å². The molecule has 0 N–H and O–H groups in total. The maximum Gasteiger partial charge on any atom is 0.340 e. The van der Waals surface area contributed by atoms with Crippen LogP contribution in [0.1, 0.15) is 15.9 Å². The van der Waals surface area contributed by atoms with Crippen LogP contribution in [0, 0.1) is 6.92 Å². The summed E-state index contributed by atoms with van der Waals surface area (Å²) in [5, 5.41) is 7.91. The molecule has 4 heteroatoms. The van der Waals surface area contributed by atoms with Gasteiger partial charge in [-0.1, -0.05) is 30.3 Å². The fourth-order valence-corrected chi connectivity index (χ4v) is 1.63. The highest BCUT2D eigenvalue weighted by Crippen LogP contribution is 2.23. The Morgan fingerprint density at radius 2 is 1.94 bits per heavy atom. The minimum Gasteiger partial charge on any atom is -0.465 e. The summed E-state index contributed by atoms with van der Waals surface area (Å²) in [6, 6.07) is 9.46. The molecule has 0 aliphatic heterocycles. The van der Waals surface area contributed by atoms with Gasteiger partial charge in [0.2, 0.25) is 0 Å². The van der Waals surface area contributed by atoms with Crippen LogP contribution >= 0.6 is 0 Å². The van der Waals surface area contributed by atoms with E-state index in [1.165, 1.54) is 7.11 Å². The largest absolute Gasteiger partial charge is 0.465 e. The molecule has 0 unspecified atom stereocenters. The van der Waals surface area contributed by atoms with Crippen molar-refractivity contribution in [2.75, 3.05) is 7.11 Å². The number of hydrogen-bond acceptors (Lipinski definition) is 4. The molecule has 1 aromatic carbocycles. The number of carbonyl (C=O) groups excluding carboxylic acids is 1. The lowest BCUT2D eigenvalue weighted by atomic mass is 10.0. The van der Waals surface area contributed by atoms with E-state index in [2.05, 4.69) is 10.2 Å². The molecule has 0 radical (unpaired) electrons. The Balaban J connectivity index is 2.62. The average molecular weight is 228 g/mol. The van der Waals surface area contributed by atoms with Gasteiger partial charge in [0.15, 0.2) is 0 Å². The smallest absolute Gasteiger partial charge is 0.340 e. The predicted octanol–water partition coefficient (Wildman–Crippen LogP) is 2.24. The van der Waals surface area contributed by atoms with E-state index in [1.807, 2.05) is 37.3 Å². The number of nitrogens with zero attached hydrogens (tertiary/aromatic N) is 2. The second-order valence-corrected chi connectivity index (χ2v) is 3.61. The van der Waals surface area contributed by atoms with E-state index in [0.717, 1.165) is 11.1 Å². The van der Waals surface area contributed by atoms with E-state index in [9.17, 15) is 4.79 Å². The van der Waals surface area contributed by atoms with Crippen LogP contribution in [0.3, 0.4) is 0 Å². The number of methoxy groups -OCH3 is 1. The molecule has 2 aromatic rings. The van der Waals surface area contributed by atoms with Crippen LogP contribution in [-0.2, 0) is 4.74 Å². The Labute approximate surface area is 99.3 Å². The molecule has 0 atom stereocenters. The second-order valence-electron chi connectivity index (χ2n) is 3.61. The zero-order valence-corrected chi connectivity index (χ0v) is 9.68. The quantitative estimate of drug-likeness (QED) is 0.740. The minimum absolute atomic E-state index is 0.392. The summed E-state index contributed by atoms with van der Waals surface area (Å²) < 4.78 is 4.77. The molecule has 0 saturated heterocycles. The molecular formula is C13H12N2O2. The third-order valence-corrected chi connectivity index (χ3v) is 2.48. The maximum absolute atomic E-state index is 11.7. The standard InChI is InChI=1S/C13H12N2O2/c1-9-8-14-15-12(11(9)13(16)17-2)10-6-4-3-5-7-10/h3-8H,1-2H3. The van der Waals surface area contributed by atoms with Gasteiger partial charge in [0.25, 0.3) is 0 Å². The molecular weight excluding hydrogens is 216 g/mol. The first-order chi connectivity index (χ1) is 8.24. The van der Waals surface area contributed by atoms with Gasteiger partial charge in [-0.05, 0) is 12.5 Å². The summed E-state index contributed by atoms with van der Waals surface area (Å²) in [4.78, 5) is 11.7.